The predicted octanol–water partition coefficient (Wildman–Crippen LogP) is 2.64. The lowest BCUT2D eigenvalue weighted by atomic mass is 9.86. The van der Waals surface area contributed by atoms with E-state index in [1.807, 2.05) is 42.2 Å². The fourth-order valence-electron chi connectivity index (χ4n) is 3.72. The Morgan fingerprint density at radius 2 is 2.13 bits per heavy atom. The molecule has 0 aliphatic carbocycles. The van der Waals surface area contributed by atoms with E-state index in [1.165, 1.54) is 0 Å². The molecule has 1 fully saturated rings. The van der Waals surface area contributed by atoms with Gasteiger partial charge in [-0.1, -0.05) is 20.8 Å². The van der Waals surface area contributed by atoms with Gasteiger partial charge in [0.1, 0.15) is 24.2 Å². The van der Waals surface area contributed by atoms with Crippen molar-refractivity contribution in [3.63, 3.8) is 0 Å². The minimum atomic E-state index is -0.578. The number of nitrogens with zero attached hydrogens (tertiary/aromatic N) is 3. The summed E-state index contributed by atoms with van der Waals surface area (Å²) in [5.41, 5.74) is 2.12. The Morgan fingerprint density at radius 3 is 2.80 bits per heavy atom. The molecule has 30 heavy (non-hydrogen) atoms. The van der Waals surface area contributed by atoms with Crippen molar-refractivity contribution in [1.82, 2.24) is 14.7 Å². The van der Waals surface area contributed by atoms with Gasteiger partial charge in [0.2, 0.25) is 0 Å². The van der Waals surface area contributed by atoms with Crippen LogP contribution >= 0.6 is 0 Å². The van der Waals surface area contributed by atoms with Gasteiger partial charge in [-0.15, -0.1) is 0 Å². The van der Waals surface area contributed by atoms with Gasteiger partial charge < -0.3 is 19.3 Å². The summed E-state index contributed by atoms with van der Waals surface area (Å²) in [7, 11) is 1.66. The first-order valence-electron chi connectivity index (χ1n) is 10.6. The standard InChI is InChI=1S/C23H35N3O4/c1-17-11-24-26(12-17)15-20-14-25(8-9-29-20)13-18(27)16-30-22-7-6-19(28-5)10-21(22)23(2,3)4/h6-7,10-12,18,20,27H,8-9,13-16H2,1-5H3. The number of benzene rings is 1. The molecule has 0 amide bonds. The first-order valence-corrected chi connectivity index (χ1v) is 10.6. The quantitative estimate of drug-likeness (QED) is 0.712. The molecule has 7 heteroatoms. The number of β-amino-alcohol motifs (C(OH)–C–C–N with tert-alkyl or cyclic N) is 1. The Kier molecular flexibility index (Phi) is 7.39. The van der Waals surface area contributed by atoms with Gasteiger partial charge in [0.25, 0.3) is 0 Å². The zero-order chi connectivity index (χ0) is 21.7. The van der Waals surface area contributed by atoms with E-state index in [9.17, 15) is 5.11 Å². The Bertz CT molecular complexity index is 815. The lowest BCUT2D eigenvalue weighted by Crippen LogP contribution is -2.47. The predicted molar refractivity (Wildman–Crippen MR) is 116 cm³/mol. The average molecular weight is 418 g/mol. The number of methoxy groups -OCH3 is 1. The summed E-state index contributed by atoms with van der Waals surface area (Å²) < 4.78 is 19.2. The van der Waals surface area contributed by atoms with Gasteiger partial charge in [0.05, 0.1) is 32.6 Å². The van der Waals surface area contributed by atoms with Crippen molar-refractivity contribution in [3.05, 3.63) is 41.7 Å². The summed E-state index contributed by atoms with van der Waals surface area (Å²) in [6.07, 6.45) is 3.37. The third-order valence-electron chi connectivity index (χ3n) is 5.27. The first-order chi connectivity index (χ1) is 14.2. The number of ether oxygens (including phenoxy) is 3. The van der Waals surface area contributed by atoms with Crippen LogP contribution in [0.15, 0.2) is 30.6 Å². The second kappa shape index (κ2) is 9.81. The van der Waals surface area contributed by atoms with Crippen LogP contribution in [0.1, 0.15) is 31.9 Å². The number of aryl methyl sites for hydroxylation is 1. The maximum atomic E-state index is 10.6. The lowest BCUT2D eigenvalue weighted by Gasteiger charge is -2.34. The van der Waals surface area contributed by atoms with Gasteiger partial charge in [0.15, 0.2) is 0 Å². The molecular formula is C23H35N3O4. The van der Waals surface area contributed by atoms with E-state index in [0.717, 1.165) is 42.3 Å². The van der Waals surface area contributed by atoms with Crippen molar-refractivity contribution >= 4 is 0 Å². The summed E-state index contributed by atoms with van der Waals surface area (Å²) >= 11 is 0. The molecule has 7 nitrogen and oxygen atoms in total. The van der Waals surface area contributed by atoms with Crippen LogP contribution in [0.2, 0.25) is 0 Å². The fourth-order valence-corrected chi connectivity index (χ4v) is 3.72. The molecule has 1 aromatic carbocycles. The normalized spacial score (nSPS) is 18.9. The van der Waals surface area contributed by atoms with E-state index in [2.05, 4.69) is 30.8 Å². The summed E-state index contributed by atoms with van der Waals surface area (Å²) in [6.45, 7) is 12.2. The van der Waals surface area contributed by atoms with Crippen molar-refractivity contribution < 1.29 is 19.3 Å². The van der Waals surface area contributed by atoms with Crippen LogP contribution in [0, 0.1) is 6.92 Å². The fraction of sp³-hybridized carbons (Fsp3) is 0.609. The molecule has 2 heterocycles. The molecule has 1 aromatic heterocycles. The molecule has 1 aliphatic rings. The number of aromatic nitrogens is 2. The van der Waals surface area contributed by atoms with E-state index >= 15 is 0 Å². The van der Waals surface area contributed by atoms with Crippen molar-refractivity contribution in [3.8, 4) is 11.5 Å². The Hall–Kier alpha value is -2.09. The van der Waals surface area contributed by atoms with Crippen LogP contribution in [-0.4, -0.2) is 72.0 Å². The Balaban J connectivity index is 1.52. The summed E-state index contributed by atoms with van der Waals surface area (Å²) in [4.78, 5) is 2.23. The molecule has 3 rings (SSSR count). The van der Waals surface area contributed by atoms with E-state index < -0.39 is 6.10 Å². The van der Waals surface area contributed by atoms with Crippen molar-refractivity contribution in [2.75, 3.05) is 40.0 Å². The highest BCUT2D eigenvalue weighted by atomic mass is 16.5. The molecule has 2 atom stereocenters. The Labute approximate surface area is 179 Å². The van der Waals surface area contributed by atoms with Crippen LogP contribution in [0.4, 0.5) is 0 Å². The molecule has 166 valence electrons. The van der Waals surface area contributed by atoms with Crippen LogP contribution in [-0.2, 0) is 16.7 Å². The largest absolute Gasteiger partial charge is 0.497 e. The Morgan fingerprint density at radius 1 is 1.33 bits per heavy atom. The topological polar surface area (TPSA) is 69.0 Å². The molecule has 0 bridgehead atoms. The van der Waals surface area contributed by atoms with E-state index in [1.54, 1.807) is 7.11 Å². The number of hydrogen-bond donors (Lipinski definition) is 1. The summed E-state index contributed by atoms with van der Waals surface area (Å²) in [5.74, 6) is 1.59. The number of hydrogen-bond acceptors (Lipinski definition) is 6. The number of morpholine rings is 1. The van der Waals surface area contributed by atoms with Crippen molar-refractivity contribution in [2.24, 2.45) is 0 Å². The molecule has 2 unspecified atom stereocenters. The zero-order valence-electron chi connectivity index (χ0n) is 18.8. The lowest BCUT2D eigenvalue weighted by molar-refractivity contribution is -0.0517. The van der Waals surface area contributed by atoms with Crippen LogP contribution in [0.25, 0.3) is 0 Å². The molecule has 0 radical (unpaired) electrons. The monoisotopic (exact) mass is 417 g/mol. The maximum Gasteiger partial charge on any atom is 0.123 e. The van der Waals surface area contributed by atoms with Crippen molar-refractivity contribution in [2.45, 2.75) is 51.9 Å². The first kappa shape index (κ1) is 22.6. The molecule has 1 saturated heterocycles. The molecular weight excluding hydrogens is 382 g/mol. The minimum absolute atomic E-state index is 0.0697. The summed E-state index contributed by atoms with van der Waals surface area (Å²) in [6, 6.07) is 5.81. The van der Waals surface area contributed by atoms with Gasteiger partial charge in [-0.25, -0.2) is 0 Å². The summed E-state index contributed by atoms with van der Waals surface area (Å²) in [5, 5.41) is 14.9. The van der Waals surface area contributed by atoms with Crippen LogP contribution in [0.5, 0.6) is 11.5 Å². The van der Waals surface area contributed by atoms with Gasteiger partial charge in [-0.05, 0) is 36.1 Å². The number of aliphatic hydroxyl groups excluding tert-OH is 1. The highest BCUT2D eigenvalue weighted by molar-refractivity contribution is 5.44. The van der Waals surface area contributed by atoms with Gasteiger partial charge in [-0.3, -0.25) is 9.58 Å². The highest BCUT2D eigenvalue weighted by Crippen LogP contribution is 2.34. The van der Waals surface area contributed by atoms with E-state index in [-0.39, 0.29) is 18.1 Å². The number of aliphatic hydroxyl groups is 1. The van der Waals surface area contributed by atoms with Gasteiger partial charge >= 0.3 is 0 Å². The minimum Gasteiger partial charge on any atom is -0.497 e. The zero-order valence-corrected chi connectivity index (χ0v) is 18.8. The third kappa shape index (κ3) is 6.20. The third-order valence-corrected chi connectivity index (χ3v) is 5.27. The SMILES string of the molecule is COc1ccc(OCC(O)CN2CCOC(Cn3cc(C)cn3)C2)c(C(C)(C)C)c1. The second-order valence-corrected chi connectivity index (χ2v) is 9.07. The molecule has 0 spiro atoms. The van der Waals surface area contributed by atoms with Crippen LogP contribution < -0.4 is 9.47 Å². The molecule has 1 aliphatic heterocycles. The van der Waals surface area contributed by atoms with E-state index in [0.29, 0.717) is 13.2 Å². The van der Waals surface area contributed by atoms with Gasteiger partial charge in [-0.2, -0.15) is 5.10 Å². The average Bonchev–Trinajstić information content (AvgIpc) is 3.10. The smallest absolute Gasteiger partial charge is 0.123 e. The highest BCUT2D eigenvalue weighted by Gasteiger charge is 2.24. The maximum absolute atomic E-state index is 10.6. The molecule has 2 aromatic rings. The second-order valence-electron chi connectivity index (χ2n) is 9.07. The van der Waals surface area contributed by atoms with E-state index in [4.69, 9.17) is 14.2 Å². The number of rotatable bonds is 8. The molecule has 0 saturated carbocycles. The van der Waals surface area contributed by atoms with Gasteiger partial charge in [0, 0.05) is 31.4 Å². The van der Waals surface area contributed by atoms with Crippen LogP contribution in [0.3, 0.4) is 0 Å². The van der Waals surface area contributed by atoms with Crippen molar-refractivity contribution in [1.29, 1.82) is 0 Å². The molecule has 1 N–H and O–H groups in total.